The molecule has 7 unspecified atom stereocenters. The molecular weight excluding hydrogens is 682 g/mol. The summed E-state index contributed by atoms with van der Waals surface area (Å²) in [5.74, 6) is -0.192. The SMILES string of the molecule is CC/C=C\C/C=C\C/C=C\C/C=C\C/C=C\C/C=C\CCCCC(=O)NC(COC1OC(CO)C(O)C(O)C1O)C(O)CCCCCCCCCCCC. The molecule has 54 heavy (non-hydrogen) atoms. The highest BCUT2D eigenvalue weighted by atomic mass is 16.7. The molecule has 1 heterocycles. The predicted molar refractivity (Wildman–Crippen MR) is 221 cm³/mol. The van der Waals surface area contributed by atoms with Gasteiger partial charge in [-0.2, -0.15) is 0 Å². The second kappa shape index (κ2) is 35.1. The highest BCUT2D eigenvalue weighted by molar-refractivity contribution is 5.76. The topological polar surface area (TPSA) is 149 Å². The number of unbranched alkanes of at least 4 members (excludes halogenated alkanes) is 11. The Morgan fingerprint density at radius 3 is 1.67 bits per heavy atom. The normalized spacial score (nSPS) is 22.2. The molecule has 7 atom stereocenters. The molecule has 0 radical (unpaired) electrons. The molecule has 1 aliphatic heterocycles. The van der Waals surface area contributed by atoms with E-state index < -0.39 is 49.5 Å². The lowest BCUT2D eigenvalue weighted by Crippen LogP contribution is -2.60. The van der Waals surface area contributed by atoms with E-state index in [2.05, 4.69) is 92.1 Å². The molecule has 1 amide bonds. The summed E-state index contributed by atoms with van der Waals surface area (Å²) < 4.78 is 11.2. The van der Waals surface area contributed by atoms with Gasteiger partial charge in [0.2, 0.25) is 5.91 Å². The molecular formula is C45H77NO8. The molecule has 0 spiro atoms. The van der Waals surface area contributed by atoms with Gasteiger partial charge in [-0.3, -0.25) is 4.79 Å². The van der Waals surface area contributed by atoms with Gasteiger partial charge in [-0.15, -0.1) is 0 Å². The first-order chi connectivity index (χ1) is 26.3. The van der Waals surface area contributed by atoms with Gasteiger partial charge >= 0.3 is 0 Å². The molecule has 9 nitrogen and oxygen atoms in total. The van der Waals surface area contributed by atoms with Gasteiger partial charge in [0, 0.05) is 6.42 Å². The van der Waals surface area contributed by atoms with Crippen LogP contribution in [0.5, 0.6) is 0 Å². The molecule has 0 aromatic rings. The molecule has 1 rings (SSSR count). The van der Waals surface area contributed by atoms with Crippen LogP contribution in [-0.2, 0) is 14.3 Å². The third kappa shape index (κ3) is 25.7. The molecule has 0 aromatic heterocycles. The predicted octanol–water partition coefficient (Wildman–Crippen LogP) is 8.22. The number of aliphatic hydroxyl groups excluding tert-OH is 5. The number of ether oxygens (including phenoxy) is 2. The van der Waals surface area contributed by atoms with Gasteiger partial charge in [-0.05, 0) is 64.2 Å². The summed E-state index contributed by atoms with van der Waals surface area (Å²) in [7, 11) is 0. The van der Waals surface area contributed by atoms with Crippen molar-refractivity contribution in [2.45, 2.75) is 192 Å². The summed E-state index contributed by atoms with van der Waals surface area (Å²) in [4.78, 5) is 12.9. The summed E-state index contributed by atoms with van der Waals surface area (Å²) in [6.45, 7) is 3.64. The van der Waals surface area contributed by atoms with Crippen LogP contribution in [0.3, 0.4) is 0 Å². The van der Waals surface area contributed by atoms with E-state index in [1.54, 1.807) is 0 Å². The Kier molecular flexibility index (Phi) is 32.2. The average molecular weight is 760 g/mol. The highest BCUT2D eigenvalue weighted by Gasteiger charge is 2.44. The van der Waals surface area contributed by atoms with Gasteiger partial charge in [0.15, 0.2) is 6.29 Å². The standard InChI is InChI=1S/C45H77NO8/c1-3-5-7-9-11-13-15-16-17-18-19-20-21-22-23-24-25-27-29-31-33-35-41(49)46-38(37-53-45-44(52)43(51)42(50)40(36-47)54-45)39(48)34-32-30-28-26-14-12-10-8-6-4-2/h5,7,11,13,16-17,19-20,22-23,25,27,38-40,42-45,47-48,50-52H,3-4,6,8-10,12,14-15,18,21,24,26,28-37H2,1-2H3,(H,46,49)/b7-5-,13-11-,17-16-,20-19-,23-22-,27-25-. The molecule has 0 saturated carbocycles. The smallest absolute Gasteiger partial charge is 0.220 e. The Morgan fingerprint density at radius 1 is 0.648 bits per heavy atom. The van der Waals surface area contributed by atoms with Crippen LogP contribution in [0.2, 0.25) is 0 Å². The minimum Gasteiger partial charge on any atom is -0.394 e. The van der Waals surface area contributed by atoms with Crippen molar-refractivity contribution >= 4 is 5.91 Å². The Bertz CT molecular complexity index is 1070. The van der Waals surface area contributed by atoms with Crippen LogP contribution in [-0.4, -0.2) is 87.5 Å². The molecule has 310 valence electrons. The number of carbonyl (C=O) groups excluding carboxylic acids is 1. The summed E-state index contributed by atoms with van der Waals surface area (Å²) >= 11 is 0. The largest absolute Gasteiger partial charge is 0.394 e. The van der Waals surface area contributed by atoms with Crippen LogP contribution in [0.15, 0.2) is 72.9 Å². The van der Waals surface area contributed by atoms with Crippen molar-refractivity contribution < 1.29 is 39.8 Å². The number of nitrogens with one attached hydrogen (secondary N) is 1. The van der Waals surface area contributed by atoms with E-state index in [1.165, 1.54) is 44.9 Å². The van der Waals surface area contributed by atoms with Gasteiger partial charge in [-0.25, -0.2) is 0 Å². The maximum absolute atomic E-state index is 12.9. The minimum atomic E-state index is -1.56. The first-order valence-electron chi connectivity index (χ1n) is 21.1. The minimum absolute atomic E-state index is 0.161. The number of carbonyl (C=O) groups is 1. The van der Waals surface area contributed by atoms with Crippen molar-refractivity contribution in [1.29, 1.82) is 0 Å². The molecule has 0 bridgehead atoms. The lowest BCUT2D eigenvalue weighted by molar-refractivity contribution is -0.302. The lowest BCUT2D eigenvalue weighted by atomic mass is 9.99. The van der Waals surface area contributed by atoms with E-state index >= 15 is 0 Å². The number of allylic oxidation sites excluding steroid dienone is 12. The number of hydrogen-bond donors (Lipinski definition) is 6. The fourth-order valence-electron chi connectivity index (χ4n) is 6.16. The Balaban J connectivity index is 2.39. The van der Waals surface area contributed by atoms with Crippen molar-refractivity contribution in [2.75, 3.05) is 13.2 Å². The van der Waals surface area contributed by atoms with E-state index in [1.807, 2.05) is 0 Å². The van der Waals surface area contributed by atoms with Gasteiger partial charge in [-0.1, -0.05) is 151 Å². The summed E-state index contributed by atoms with van der Waals surface area (Å²) in [6.07, 6.45) is 39.1. The van der Waals surface area contributed by atoms with Crippen molar-refractivity contribution in [1.82, 2.24) is 5.32 Å². The second-order valence-electron chi connectivity index (χ2n) is 14.4. The molecule has 1 aliphatic rings. The molecule has 6 N–H and O–H groups in total. The molecule has 0 aliphatic carbocycles. The van der Waals surface area contributed by atoms with Crippen LogP contribution >= 0.6 is 0 Å². The zero-order valence-corrected chi connectivity index (χ0v) is 33.7. The van der Waals surface area contributed by atoms with Crippen LogP contribution < -0.4 is 5.32 Å². The fourth-order valence-corrected chi connectivity index (χ4v) is 6.16. The van der Waals surface area contributed by atoms with Gasteiger partial charge < -0.3 is 40.3 Å². The van der Waals surface area contributed by atoms with Gasteiger partial charge in [0.05, 0.1) is 25.4 Å². The Morgan fingerprint density at radius 2 is 1.15 bits per heavy atom. The summed E-state index contributed by atoms with van der Waals surface area (Å²) in [5, 5.41) is 54.1. The molecule has 1 fully saturated rings. The molecule has 9 heteroatoms. The monoisotopic (exact) mass is 760 g/mol. The van der Waals surface area contributed by atoms with E-state index in [4.69, 9.17) is 9.47 Å². The number of aliphatic hydroxyl groups is 5. The fraction of sp³-hybridized carbons (Fsp3) is 0.711. The number of rotatable bonds is 33. The molecule has 0 aromatic carbocycles. The van der Waals surface area contributed by atoms with E-state index in [-0.39, 0.29) is 12.5 Å². The second-order valence-corrected chi connectivity index (χ2v) is 14.4. The van der Waals surface area contributed by atoms with Crippen molar-refractivity contribution in [3.8, 4) is 0 Å². The third-order valence-electron chi connectivity index (χ3n) is 9.57. The van der Waals surface area contributed by atoms with Crippen LogP contribution in [0, 0.1) is 0 Å². The first-order valence-corrected chi connectivity index (χ1v) is 21.1. The van der Waals surface area contributed by atoms with Crippen LogP contribution in [0.4, 0.5) is 0 Å². The highest BCUT2D eigenvalue weighted by Crippen LogP contribution is 2.23. The van der Waals surface area contributed by atoms with Crippen molar-refractivity contribution in [3.63, 3.8) is 0 Å². The Hall–Kier alpha value is -2.37. The summed E-state index contributed by atoms with van der Waals surface area (Å²) in [5.41, 5.74) is 0. The van der Waals surface area contributed by atoms with Gasteiger partial charge in [0.1, 0.15) is 24.4 Å². The first kappa shape index (κ1) is 49.6. The van der Waals surface area contributed by atoms with E-state index in [9.17, 15) is 30.3 Å². The average Bonchev–Trinajstić information content (AvgIpc) is 3.17. The van der Waals surface area contributed by atoms with Crippen molar-refractivity contribution in [3.05, 3.63) is 72.9 Å². The number of amides is 1. The zero-order valence-electron chi connectivity index (χ0n) is 33.7. The number of hydrogen-bond acceptors (Lipinski definition) is 8. The molecule has 1 saturated heterocycles. The van der Waals surface area contributed by atoms with Crippen molar-refractivity contribution in [2.24, 2.45) is 0 Å². The van der Waals surface area contributed by atoms with E-state index in [0.717, 1.165) is 70.6 Å². The maximum atomic E-state index is 12.9. The maximum Gasteiger partial charge on any atom is 0.220 e. The third-order valence-corrected chi connectivity index (χ3v) is 9.57. The lowest BCUT2D eigenvalue weighted by Gasteiger charge is -2.40. The van der Waals surface area contributed by atoms with Crippen LogP contribution in [0.1, 0.15) is 149 Å². The Labute approximate surface area is 328 Å². The summed E-state index contributed by atoms with van der Waals surface area (Å²) in [6, 6.07) is -0.744. The van der Waals surface area contributed by atoms with Gasteiger partial charge in [0.25, 0.3) is 0 Å². The quantitative estimate of drug-likeness (QED) is 0.0290. The van der Waals surface area contributed by atoms with E-state index in [0.29, 0.717) is 19.3 Å². The van der Waals surface area contributed by atoms with Crippen LogP contribution in [0.25, 0.3) is 0 Å². The zero-order chi connectivity index (χ0) is 39.5.